The van der Waals surface area contributed by atoms with Crippen molar-refractivity contribution in [3.8, 4) is 0 Å². The Balaban J connectivity index is 1.88. The first-order valence-electron chi connectivity index (χ1n) is 8.39. The highest BCUT2D eigenvalue weighted by Crippen LogP contribution is 2.23. The normalized spacial score (nSPS) is 11.2. The second-order valence-electron chi connectivity index (χ2n) is 6.41. The lowest BCUT2D eigenvalue weighted by atomic mass is 10.2. The molecule has 7 heteroatoms. The van der Waals surface area contributed by atoms with Gasteiger partial charge in [-0.1, -0.05) is 18.2 Å². The molecule has 0 bridgehead atoms. The lowest BCUT2D eigenvalue weighted by Gasteiger charge is -2.13. The summed E-state index contributed by atoms with van der Waals surface area (Å²) < 4.78 is 29.9. The first kappa shape index (κ1) is 18.7. The minimum absolute atomic E-state index is 0.119. The summed E-state index contributed by atoms with van der Waals surface area (Å²) >= 11 is 0. The number of hydrogen-bond donors (Lipinski definition) is 2. The van der Waals surface area contributed by atoms with E-state index in [4.69, 9.17) is 0 Å². The molecule has 0 fully saturated rings. The van der Waals surface area contributed by atoms with Crippen LogP contribution in [0.1, 0.15) is 21.6 Å². The van der Waals surface area contributed by atoms with Crippen molar-refractivity contribution >= 4 is 27.3 Å². The summed E-state index contributed by atoms with van der Waals surface area (Å²) in [5, 5.41) is 2.75. The van der Waals surface area contributed by atoms with Gasteiger partial charge in [-0.05, 0) is 61.4 Å². The first-order chi connectivity index (χ1) is 12.8. The lowest BCUT2D eigenvalue weighted by molar-refractivity contribution is 0.101. The molecular weight excluding hydrogens is 362 g/mol. The van der Waals surface area contributed by atoms with E-state index in [1.54, 1.807) is 67.2 Å². The van der Waals surface area contributed by atoms with Crippen molar-refractivity contribution in [2.24, 2.45) is 7.05 Å². The van der Waals surface area contributed by atoms with E-state index in [-0.39, 0.29) is 10.8 Å². The number of aromatic nitrogens is 1. The molecule has 0 spiro atoms. The summed E-state index contributed by atoms with van der Waals surface area (Å²) in [6.07, 6.45) is 1.77. The van der Waals surface area contributed by atoms with Gasteiger partial charge in [0.05, 0.1) is 4.90 Å². The maximum Gasteiger partial charge on any atom is 0.272 e. The van der Waals surface area contributed by atoms with E-state index in [1.165, 1.54) is 6.07 Å². The first-order valence-corrected chi connectivity index (χ1v) is 9.87. The van der Waals surface area contributed by atoms with Gasteiger partial charge in [0.2, 0.25) is 0 Å². The molecule has 3 rings (SSSR count). The molecule has 0 aliphatic carbocycles. The SMILES string of the molecule is Cc1cccc(NS(=O)(=O)c2cc(NC(=O)c3cccn3C)ccc2C)c1. The molecule has 0 saturated carbocycles. The van der Waals surface area contributed by atoms with Gasteiger partial charge in [-0.2, -0.15) is 0 Å². The fraction of sp³-hybridized carbons (Fsp3) is 0.150. The van der Waals surface area contributed by atoms with Crippen LogP contribution in [0.2, 0.25) is 0 Å². The molecular formula is C20H21N3O3S. The van der Waals surface area contributed by atoms with E-state index < -0.39 is 10.0 Å². The number of carbonyl (C=O) groups is 1. The Morgan fingerprint density at radius 1 is 0.963 bits per heavy atom. The third-order valence-corrected chi connectivity index (χ3v) is 5.71. The molecule has 1 aromatic heterocycles. The molecule has 2 aromatic carbocycles. The summed E-state index contributed by atoms with van der Waals surface area (Å²) in [5.41, 5.74) is 2.93. The van der Waals surface area contributed by atoms with Crippen LogP contribution in [0.3, 0.4) is 0 Å². The molecule has 1 heterocycles. The lowest BCUT2D eigenvalue weighted by Crippen LogP contribution is -2.17. The average Bonchev–Trinajstić information content (AvgIpc) is 3.02. The summed E-state index contributed by atoms with van der Waals surface area (Å²) in [4.78, 5) is 12.5. The molecule has 140 valence electrons. The van der Waals surface area contributed by atoms with Crippen LogP contribution in [-0.4, -0.2) is 18.9 Å². The Morgan fingerprint density at radius 2 is 1.74 bits per heavy atom. The van der Waals surface area contributed by atoms with Gasteiger partial charge in [-0.15, -0.1) is 0 Å². The zero-order chi connectivity index (χ0) is 19.6. The summed E-state index contributed by atoms with van der Waals surface area (Å²) in [6.45, 7) is 3.61. The predicted octanol–water partition coefficient (Wildman–Crippen LogP) is 3.70. The van der Waals surface area contributed by atoms with Gasteiger partial charge in [-0.3, -0.25) is 9.52 Å². The molecule has 27 heavy (non-hydrogen) atoms. The van der Waals surface area contributed by atoms with Gasteiger partial charge in [0.1, 0.15) is 5.69 Å². The van der Waals surface area contributed by atoms with Crippen LogP contribution in [0, 0.1) is 13.8 Å². The minimum Gasteiger partial charge on any atom is -0.347 e. The molecule has 0 atom stereocenters. The second-order valence-corrected chi connectivity index (χ2v) is 8.06. The maximum absolute atomic E-state index is 12.8. The zero-order valence-corrected chi connectivity index (χ0v) is 16.2. The summed E-state index contributed by atoms with van der Waals surface area (Å²) in [6, 6.07) is 15.4. The number of amides is 1. The number of carbonyl (C=O) groups excluding carboxylic acids is 1. The van der Waals surface area contributed by atoms with E-state index >= 15 is 0 Å². The zero-order valence-electron chi connectivity index (χ0n) is 15.4. The number of rotatable bonds is 5. The Hall–Kier alpha value is -3.06. The van der Waals surface area contributed by atoms with Gasteiger partial charge in [-0.25, -0.2) is 8.42 Å². The van der Waals surface area contributed by atoms with Gasteiger partial charge in [0, 0.05) is 24.6 Å². The Bertz CT molecular complexity index is 1100. The van der Waals surface area contributed by atoms with Crippen molar-refractivity contribution in [3.05, 3.63) is 77.6 Å². The molecule has 6 nitrogen and oxygen atoms in total. The highest BCUT2D eigenvalue weighted by atomic mass is 32.2. The number of anilines is 2. The molecule has 0 aliphatic heterocycles. The van der Waals surface area contributed by atoms with Crippen LogP contribution in [0.15, 0.2) is 65.7 Å². The monoisotopic (exact) mass is 383 g/mol. The van der Waals surface area contributed by atoms with Crippen molar-refractivity contribution < 1.29 is 13.2 Å². The van der Waals surface area contributed by atoms with E-state index in [0.29, 0.717) is 22.6 Å². The third-order valence-electron chi connectivity index (χ3n) is 4.18. The number of hydrogen-bond acceptors (Lipinski definition) is 3. The van der Waals surface area contributed by atoms with E-state index in [0.717, 1.165) is 5.56 Å². The van der Waals surface area contributed by atoms with Gasteiger partial charge < -0.3 is 9.88 Å². The topological polar surface area (TPSA) is 80.2 Å². The number of aryl methyl sites for hydroxylation is 3. The molecule has 0 saturated heterocycles. The molecule has 2 N–H and O–H groups in total. The Labute approximate surface area is 158 Å². The fourth-order valence-corrected chi connectivity index (χ4v) is 4.10. The van der Waals surface area contributed by atoms with E-state index in [2.05, 4.69) is 10.0 Å². The van der Waals surface area contributed by atoms with E-state index in [1.807, 2.05) is 13.0 Å². The van der Waals surface area contributed by atoms with Crippen LogP contribution in [0.25, 0.3) is 0 Å². The number of benzene rings is 2. The van der Waals surface area contributed by atoms with Crippen LogP contribution in [0.4, 0.5) is 11.4 Å². The molecule has 0 radical (unpaired) electrons. The Kier molecular flexibility index (Phi) is 5.05. The van der Waals surface area contributed by atoms with Crippen molar-refractivity contribution in [1.29, 1.82) is 0 Å². The highest BCUT2D eigenvalue weighted by Gasteiger charge is 2.19. The van der Waals surface area contributed by atoms with Gasteiger partial charge >= 0.3 is 0 Å². The van der Waals surface area contributed by atoms with Crippen LogP contribution in [-0.2, 0) is 17.1 Å². The van der Waals surface area contributed by atoms with Crippen LogP contribution < -0.4 is 10.0 Å². The molecule has 1 amide bonds. The predicted molar refractivity (Wildman–Crippen MR) is 107 cm³/mol. The summed E-state index contributed by atoms with van der Waals surface area (Å²) in [7, 11) is -2.02. The standard InChI is InChI=1S/C20H21N3O3S/c1-14-6-4-7-17(12-14)22-27(25,26)19-13-16(10-9-15(19)2)21-20(24)18-8-5-11-23(18)3/h4-13,22H,1-3H3,(H,21,24). The van der Waals surface area contributed by atoms with Gasteiger partial charge in [0.15, 0.2) is 0 Å². The second kappa shape index (κ2) is 7.28. The number of sulfonamides is 1. The largest absolute Gasteiger partial charge is 0.347 e. The van der Waals surface area contributed by atoms with Crippen LogP contribution in [0.5, 0.6) is 0 Å². The van der Waals surface area contributed by atoms with Crippen molar-refractivity contribution in [2.45, 2.75) is 18.7 Å². The Morgan fingerprint density at radius 3 is 2.41 bits per heavy atom. The van der Waals surface area contributed by atoms with Crippen LogP contribution >= 0.6 is 0 Å². The van der Waals surface area contributed by atoms with Gasteiger partial charge in [0.25, 0.3) is 15.9 Å². The van der Waals surface area contributed by atoms with Crippen molar-refractivity contribution in [1.82, 2.24) is 4.57 Å². The minimum atomic E-state index is -3.79. The summed E-state index contributed by atoms with van der Waals surface area (Å²) in [5.74, 6) is -0.304. The van der Waals surface area contributed by atoms with Crippen molar-refractivity contribution in [3.63, 3.8) is 0 Å². The number of nitrogens with one attached hydrogen (secondary N) is 2. The fourth-order valence-electron chi connectivity index (χ4n) is 2.78. The number of nitrogens with zero attached hydrogens (tertiary/aromatic N) is 1. The maximum atomic E-state index is 12.8. The molecule has 3 aromatic rings. The average molecular weight is 383 g/mol. The quantitative estimate of drug-likeness (QED) is 0.705. The van der Waals surface area contributed by atoms with Crippen molar-refractivity contribution in [2.75, 3.05) is 10.0 Å². The molecule has 0 aliphatic rings. The third kappa shape index (κ3) is 4.20. The highest BCUT2D eigenvalue weighted by molar-refractivity contribution is 7.92. The smallest absolute Gasteiger partial charge is 0.272 e. The molecule has 0 unspecified atom stereocenters. The van der Waals surface area contributed by atoms with E-state index in [9.17, 15) is 13.2 Å².